The Morgan fingerprint density at radius 3 is 1.93 bits per heavy atom. The van der Waals surface area contributed by atoms with E-state index in [9.17, 15) is 0 Å². The molecule has 3 aromatic heterocycles. The minimum atomic E-state index is 0.756. The van der Waals surface area contributed by atoms with Crippen LogP contribution in [0.4, 0.5) is 0 Å². The van der Waals surface area contributed by atoms with Gasteiger partial charge in [-0.3, -0.25) is 0 Å². The summed E-state index contributed by atoms with van der Waals surface area (Å²) in [5.41, 5.74) is 11.6. The molecule has 5 heteroatoms. The Hall–Kier alpha value is -6.11. The van der Waals surface area contributed by atoms with E-state index in [1.165, 1.54) is 84.2 Å². The van der Waals surface area contributed by atoms with Crippen molar-refractivity contribution in [3.8, 4) is 56.0 Å². The van der Waals surface area contributed by atoms with E-state index < -0.39 is 0 Å². The fraction of sp³-hybridized carbons (Fsp3) is 0. The highest BCUT2D eigenvalue weighted by atomic mass is 32.2. The summed E-state index contributed by atoms with van der Waals surface area (Å²) in [6.45, 7) is 0. The van der Waals surface area contributed by atoms with Crippen LogP contribution in [0.5, 0.6) is 0 Å². The summed E-state index contributed by atoms with van der Waals surface area (Å²) in [5, 5.41) is 6.20. The van der Waals surface area contributed by atoms with Crippen LogP contribution in [-0.2, 0) is 0 Å². The van der Waals surface area contributed by atoms with Gasteiger partial charge in [0.25, 0.3) is 0 Å². The van der Waals surface area contributed by atoms with Gasteiger partial charge in [0, 0.05) is 62.1 Å². The van der Waals surface area contributed by atoms with Crippen LogP contribution in [0.1, 0.15) is 0 Å². The van der Waals surface area contributed by atoms with Gasteiger partial charge in [0.1, 0.15) is 0 Å². The number of hydrogen-bond donors (Lipinski definition) is 0. The van der Waals surface area contributed by atoms with E-state index in [4.69, 9.17) is 9.97 Å². The van der Waals surface area contributed by atoms with Gasteiger partial charge in [-0.15, -0.1) is 22.7 Å². The summed E-state index contributed by atoms with van der Waals surface area (Å²) < 4.78 is 4.93. The molecule has 2 nitrogen and oxygen atoms in total. The molecule has 0 saturated heterocycles. The summed E-state index contributed by atoms with van der Waals surface area (Å²) in [5.74, 6) is 0.756. The van der Waals surface area contributed by atoms with E-state index in [0.29, 0.717) is 0 Å². The van der Waals surface area contributed by atoms with E-state index in [1.54, 1.807) is 11.3 Å². The topological polar surface area (TPSA) is 25.8 Å². The lowest BCUT2D eigenvalue weighted by Gasteiger charge is -2.24. The Bertz CT molecular complexity index is 3340. The Morgan fingerprint density at radius 1 is 0.382 bits per heavy atom. The smallest absolute Gasteiger partial charge is 0.161 e. The standard InChI is InChI=1S/C50H28N2S3/c1-2-10-29(11-3-1)30-20-22-31(23-21-30)33-14-9-19-42-45(33)39-16-8-15-36-37(26-27-43(54-42)46(36)39)50-51-47(49-48(52-50)38-13-5-7-18-41(38)55-49)32-24-25-35-34-12-4-6-17-40(34)53-44(35)28-32/h1-28H. The van der Waals surface area contributed by atoms with Crippen molar-refractivity contribution in [1.82, 2.24) is 9.97 Å². The Kier molecular flexibility index (Phi) is 6.94. The number of aromatic nitrogens is 2. The molecule has 0 amide bonds. The van der Waals surface area contributed by atoms with Crippen molar-refractivity contribution in [2.45, 2.75) is 9.79 Å². The van der Waals surface area contributed by atoms with Gasteiger partial charge in [-0.05, 0) is 69.6 Å². The second-order valence-electron chi connectivity index (χ2n) is 14.0. The number of nitrogens with zero attached hydrogens (tertiary/aromatic N) is 2. The summed E-state index contributed by atoms with van der Waals surface area (Å²) in [6.07, 6.45) is 0. The molecule has 0 radical (unpaired) electrons. The highest BCUT2D eigenvalue weighted by molar-refractivity contribution is 7.99. The van der Waals surface area contributed by atoms with Crippen LogP contribution in [0, 0.1) is 0 Å². The third kappa shape index (κ3) is 4.87. The molecular formula is C50H28N2S3. The number of hydrogen-bond acceptors (Lipinski definition) is 5. The number of thiophene rings is 2. The van der Waals surface area contributed by atoms with Gasteiger partial charge in [-0.1, -0.05) is 145 Å². The maximum Gasteiger partial charge on any atom is 0.161 e. The minimum Gasteiger partial charge on any atom is -0.226 e. The molecule has 12 rings (SSSR count). The van der Waals surface area contributed by atoms with Crippen molar-refractivity contribution < 1.29 is 0 Å². The average molecular weight is 753 g/mol. The summed E-state index contributed by atoms with van der Waals surface area (Å²) in [7, 11) is 0. The zero-order valence-corrected chi connectivity index (χ0v) is 31.7. The molecule has 1 aliphatic rings. The van der Waals surface area contributed by atoms with Crippen LogP contribution >= 0.6 is 34.4 Å². The highest BCUT2D eigenvalue weighted by Gasteiger charge is 2.25. The molecule has 0 unspecified atom stereocenters. The zero-order valence-electron chi connectivity index (χ0n) is 29.3. The zero-order chi connectivity index (χ0) is 36.0. The summed E-state index contributed by atoms with van der Waals surface area (Å²) in [4.78, 5) is 13.4. The SMILES string of the molecule is c1ccc(-c2ccc(-c3cccc4c3-c3cccc5c(-c6nc(-c7ccc8c(c7)sc7ccccc78)c7sc8ccccc8c7n6)ccc(c35)S4)cc2)cc1. The third-order valence-electron chi connectivity index (χ3n) is 10.9. The van der Waals surface area contributed by atoms with Gasteiger partial charge in [-0.2, -0.15) is 0 Å². The lowest BCUT2D eigenvalue weighted by Crippen LogP contribution is -1.98. The molecule has 0 N–H and O–H groups in total. The van der Waals surface area contributed by atoms with Gasteiger partial charge in [0.15, 0.2) is 5.82 Å². The van der Waals surface area contributed by atoms with Gasteiger partial charge < -0.3 is 0 Å². The van der Waals surface area contributed by atoms with E-state index in [2.05, 4.69) is 170 Å². The number of fused-ring (bicyclic) bond motifs is 8. The van der Waals surface area contributed by atoms with Gasteiger partial charge in [-0.25, -0.2) is 9.97 Å². The third-order valence-corrected chi connectivity index (χ3v) is 14.4. The first-order valence-corrected chi connectivity index (χ1v) is 20.8. The molecule has 8 aromatic carbocycles. The van der Waals surface area contributed by atoms with Gasteiger partial charge in [0.05, 0.1) is 15.9 Å². The van der Waals surface area contributed by atoms with Crippen molar-refractivity contribution in [1.29, 1.82) is 0 Å². The second kappa shape index (κ2) is 12.2. The first-order valence-electron chi connectivity index (χ1n) is 18.4. The van der Waals surface area contributed by atoms with Crippen molar-refractivity contribution in [3.05, 3.63) is 170 Å². The predicted molar refractivity (Wildman–Crippen MR) is 237 cm³/mol. The van der Waals surface area contributed by atoms with Crippen LogP contribution in [0.3, 0.4) is 0 Å². The van der Waals surface area contributed by atoms with E-state index >= 15 is 0 Å². The fourth-order valence-corrected chi connectivity index (χ4v) is 11.8. The molecule has 0 aliphatic carbocycles. The van der Waals surface area contributed by atoms with Crippen molar-refractivity contribution in [2.24, 2.45) is 0 Å². The molecule has 1 aliphatic heterocycles. The average Bonchev–Trinajstić information content (AvgIpc) is 3.82. The van der Waals surface area contributed by atoms with Crippen molar-refractivity contribution in [2.75, 3.05) is 0 Å². The Morgan fingerprint density at radius 2 is 1.05 bits per heavy atom. The molecule has 0 spiro atoms. The normalized spacial score (nSPS) is 12.3. The van der Waals surface area contributed by atoms with Gasteiger partial charge in [0.2, 0.25) is 0 Å². The minimum absolute atomic E-state index is 0.756. The first kappa shape index (κ1) is 31.3. The van der Waals surface area contributed by atoms with E-state index in [-0.39, 0.29) is 0 Å². The molecular weight excluding hydrogens is 725 g/mol. The monoisotopic (exact) mass is 752 g/mol. The lowest BCUT2D eigenvalue weighted by molar-refractivity contribution is 1.24. The lowest BCUT2D eigenvalue weighted by atomic mass is 9.89. The quantitative estimate of drug-likeness (QED) is 0.179. The molecule has 0 fully saturated rings. The van der Waals surface area contributed by atoms with Crippen LogP contribution in [0.25, 0.3) is 107 Å². The van der Waals surface area contributed by atoms with Crippen LogP contribution in [0.2, 0.25) is 0 Å². The fourth-order valence-electron chi connectivity index (χ4n) is 8.37. The molecule has 11 aromatic rings. The molecule has 0 saturated carbocycles. The molecule has 256 valence electrons. The highest BCUT2D eigenvalue weighted by Crippen LogP contribution is 2.53. The van der Waals surface area contributed by atoms with E-state index in [0.717, 1.165) is 32.9 Å². The largest absolute Gasteiger partial charge is 0.226 e. The summed E-state index contributed by atoms with van der Waals surface area (Å²) in [6, 6.07) is 61.7. The molecule has 0 atom stereocenters. The second-order valence-corrected chi connectivity index (χ2v) is 17.3. The predicted octanol–water partition coefficient (Wildman–Crippen LogP) is 15.2. The van der Waals surface area contributed by atoms with Gasteiger partial charge >= 0.3 is 0 Å². The van der Waals surface area contributed by atoms with Crippen molar-refractivity contribution in [3.63, 3.8) is 0 Å². The molecule has 0 bridgehead atoms. The Balaban J connectivity index is 1.05. The van der Waals surface area contributed by atoms with E-state index in [1.807, 2.05) is 23.1 Å². The summed E-state index contributed by atoms with van der Waals surface area (Å²) >= 11 is 5.49. The van der Waals surface area contributed by atoms with Crippen LogP contribution in [-0.4, -0.2) is 9.97 Å². The first-order chi connectivity index (χ1) is 27.2. The molecule has 55 heavy (non-hydrogen) atoms. The maximum atomic E-state index is 5.49. The maximum absolute atomic E-state index is 5.49. The van der Waals surface area contributed by atoms with Crippen LogP contribution < -0.4 is 0 Å². The number of rotatable bonds is 4. The molecule has 4 heterocycles. The number of benzene rings is 8. The van der Waals surface area contributed by atoms with Crippen molar-refractivity contribution >= 4 is 85.7 Å². The van der Waals surface area contributed by atoms with Crippen LogP contribution in [0.15, 0.2) is 180 Å². The Labute approximate surface area is 329 Å².